The first-order chi connectivity index (χ1) is 11.2. The zero-order valence-electron chi connectivity index (χ0n) is 12.4. The number of halogens is 1. The van der Waals surface area contributed by atoms with E-state index in [0.29, 0.717) is 11.5 Å². The summed E-state index contributed by atoms with van der Waals surface area (Å²) >= 11 is 6.17. The minimum atomic E-state index is -0.102. The summed E-state index contributed by atoms with van der Waals surface area (Å²) in [5.74, 6) is -0.102. The van der Waals surface area contributed by atoms with Crippen LogP contribution >= 0.6 is 11.6 Å². The third-order valence-corrected chi connectivity index (χ3v) is 4.16. The van der Waals surface area contributed by atoms with E-state index in [2.05, 4.69) is 16.1 Å². The summed E-state index contributed by atoms with van der Waals surface area (Å²) in [7, 11) is 0. The van der Waals surface area contributed by atoms with Crippen LogP contribution < -0.4 is 4.90 Å². The standard InChI is InChI=1S/C17H15ClN4O/c18-14-8-7-13-6-5-12-3-1-2-4-15(12)22(16(13)11-14)17(23)9-10-20-21-19/h1-4,6,8,11H,5,7,9-10H2. The molecule has 0 spiro atoms. The van der Waals surface area contributed by atoms with Crippen LogP contribution in [0.25, 0.3) is 10.4 Å². The highest BCUT2D eigenvalue weighted by Crippen LogP contribution is 2.36. The van der Waals surface area contributed by atoms with Gasteiger partial charge in [-0.2, -0.15) is 0 Å². The molecule has 23 heavy (non-hydrogen) atoms. The van der Waals surface area contributed by atoms with Crippen molar-refractivity contribution in [2.24, 2.45) is 5.11 Å². The molecule has 0 saturated heterocycles. The van der Waals surface area contributed by atoms with Crippen LogP contribution in [0.4, 0.5) is 5.69 Å². The van der Waals surface area contributed by atoms with E-state index >= 15 is 0 Å². The van der Waals surface area contributed by atoms with Crippen molar-refractivity contribution in [3.05, 3.63) is 74.8 Å². The second-order valence-electron chi connectivity index (χ2n) is 5.32. The average Bonchev–Trinajstić information content (AvgIpc) is 2.71. The number of allylic oxidation sites excluding steroid dienone is 5. The number of fused-ring (bicyclic) bond motifs is 2. The normalized spacial score (nSPS) is 16.0. The van der Waals surface area contributed by atoms with Crippen LogP contribution in [0.5, 0.6) is 0 Å². The van der Waals surface area contributed by atoms with Gasteiger partial charge >= 0.3 is 0 Å². The van der Waals surface area contributed by atoms with E-state index in [1.807, 2.05) is 36.4 Å². The number of anilines is 1. The molecule has 1 aliphatic heterocycles. The molecule has 1 aromatic rings. The quantitative estimate of drug-likeness (QED) is 0.454. The Hall–Kier alpha value is -2.49. The van der Waals surface area contributed by atoms with Crippen LogP contribution in [-0.2, 0) is 11.2 Å². The summed E-state index contributed by atoms with van der Waals surface area (Å²) < 4.78 is 0. The molecule has 0 unspecified atom stereocenters. The van der Waals surface area contributed by atoms with Crippen LogP contribution in [0, 0.1) is 0 Å². The molecule has 0 radical (unpaired) electrons. The van der Waals surface area contributed by atoms with Crippen LogP contribution in [0.1, 0.15) is 18.4 Å². The predicted octanol–water partition coefficient (Wildman–Crippen LogP) is 4.61. The Balaban J connectivity index is 2.06. The molecule has 0 aromatic heterocycles. The number of rotatable bonds is 3. The van der Waals surface area contributed by atoms with E-state index in [1.165, 1.54) is 0 Å². The summed E-state index contributed by atoms with van der Waals surface area (Å²) in [5, 5.41) is 4.10. The van der Waals surface area contributed by atoms with Gasteiger partial charge in [-0.05, 0) is 41.7 Å². The first-order valence-electron chi connectivity index (χ1n) is 7.39. The van der Waals surface area contributed by atoms with Crippen molar-refractivity contribution < 1.29 is 4.79 Å². The number of azide groups is 1. The summed E-state index contributed by atoms with van der Waals surface area (Å²) in [5.41, 5.74) is 12.3. The van der Waals surface area contributed by atoms with E-state index in [1.54, 1.807) is 4.90 Å². The molecule has 3 rings (SSSR count). The Bertz CT molecular complexity index is 788. The number of para-hydroxylation sites is 1. The first-order valence-corrected chi connectivity index (χ1v) is 7.77. The Morgan fingerprint density at radius 1 is 1.30 bits per heavy atom. The Kier molecular flexibility index (Phi) is 4.51. The second-order valence-corrected chi connectivity index (χ2v) is 5.75. The molecule has 0 saturated carbocycles. The zero-order chi connectivity index (χ0) is 16.2. The number of hydrogen-bond acceptors (Lipinski definition) is 2. The van der Waals surface area contributed by atoms with Gasteiger partial charge in [0.25, 0.3) is 0 Å². The monoisotopic (exact) mass is 326 g/mol. The Labute approximate surface area is 139 Å². The maximum atomic E-state index is 12.8. The van der Waals surface area contributed by atoms with E-state index in [4.69, 9.17) is 17.1 Å². The lowest BCUT2D eigenvalue weighted by Gasteiger charge is -2.28. The predicted molar refractivity (Wildman–Crippen MR) is 91.0 cm³/mol. The van der Waals surface area contributed by atoms with Gasteiger partial charge in [0.2, 0.25) is 5.91 Å². The first kappa shape index (κ1) is 15.4. The fourth-order valence-corrected chi connectivity index (χ4v) is 3.01. The van der Waals surface area contributed by atoms with Gasteiger partial charge in [0.15, 0.2) is 0 Å². The van der Waals surface area contributed by atoms with Gasteiger partial charge in [0.1, 0.15) is 0 Å². The van der Waals surface area contributed by atoms with Gasteiger partial charge in [0.05, 0.1) is 11.4 Å². The largest absolute Gasteiger partial charge is 0.280 e. The van der Waals surface area contributed by atoms with Crippen molar-refractivity contribution in [1.82, 2.24) is 0 Å². The molecule has 0 bridgehead atoms. The molecule has 2 aliphatic rings. The van der Waals surface area contributed by atoms with Crippen molar-refractivity contribution in [1.29, 1.82) is 0 Å². The molecule has 0 N–H and O–H groups in total. The minimum Gasteiger partial charge on any atom is -0.280 e. The smallest absolute Gasteiger partial charge is 0.231 e. The summed E-state index contributed by atoms with van der Waals surface area (Å²) in [6, 6.07) is 7.84. The number of nitrogens with zero attached hydrogens (tertiary/aromatic N) is 4. The lowest BCUT2D eigenvalue weighted by atomic mass is 10.0. The molecule has 116 valence electrons. The summed E-state index contributed by atoms with van der Waals surface area (Å²) in [6.07, 6.45) is 7.54. The number of carbonyl (C=O) groups is 1. The maximum Gasteiger partial charge on any atom is 0.231 e. The SMILES string of the molecule is [N-]=[N+]=NCCC(=O)N1C2=CC(Cl)=CCC2=CCc2ccccc21. The van der Waals surface area contributed by atoms with Gasteiger partial charge in [-0.3, -0.25) is 9.69 Å². The molecule has 0 atom stereocenters. The topological polar surface area (TPSA) is 69.1 Å². The van der Waals surface area contributed by atoms with Gasteiger partial charge in [-0.15, -0.1) is 0 Å². The number of benzene rings is 1. The Morgan fingerprint density at radius 2 is 2.13 bits per heavy atom. The van der Waals surface area contributed by atoms with Gasteiger partial charge in [0, 0.05) is 22.9 Å². The third kappa shape index (κ3) is 3.16. The van der Waals surface area contributed by atoms with Crippen molar-refractivity contribution in [3.8, 4) is 0 Å². The highest BCUT2D eigenvalue weighted by Gasteiger charge is 2.27. The number of carbonyl (C=O) groups excluding carboxylic acids is 1. The lowest BCUT2D eigenvalue weighted by Crippen LogP contribution is -2.32. The van der Waals surface area contributed by atoms with Gasteiger partial charge < -0.3 is 0 Å². The van der Waals surface area contributed by atoms with Gasteiger partial charge in [-0.25, -0.2) is 0 Å². The molecule has 1 amide bonds. The molecule has 5 nitrogen and oxygen atoms in total. The van der Waals surface area contributed by atoms with Crippen LogP contribution in [0.15, 0.2) is 63.9 Å². The number of amides is 1. The molecular formula is C17H15ClN4O. The highest BCUT2D eigenvalue weighted by molar-refractivity contribution is 6.31. The van der Waals surface area contributed by atoms with Crippen molar-refractivity contribution in [2.45, 2.75) is 19.3 Å². The van der Waals surface area contributed by atoms with Crippen molar-refractivity contribution in [2.75, 3.05) is 11.4 Å². The van der Waals surface area contributed by atoms with E-state index in [-0.39, 0.29) is 18.9 Å². The molecule has 1 aliphatic carbocycles. The van der Waals surface area contributed by atoms with Gasteiger partial charge in [-0.1, -0.05) is 47.1 Å². The van der Waals surface area contributed by atoms with Crippen LogP contribution in [-0.4, -0.2) is 12.5 Å². The molecule has 6 heteroatoms. The van der Waals surface area contributed by atoms with Crippen LogP contribution in [0.3, 0.4) is 0 Å². The fourth-order valence-electron chi connectivity index (χ4n) is 2.83. The van der Waals surface area contributed by atoms with Crippen molar-refractivity contribution in [3.63, 3.8) is 0 Å². The highest BCUT2D eigenvalue weighted by atomic mass is 35.5. The lowest BCUT2D eigenvalue weighted by molar-refractivity contribution is -0.117. The summed E-state index contributed by atoms with van der Waals surface area (Å²) in [6.45, 7) is 0.143. The third-order valence-electron chi connectivity index (χ3n) is 3.90. The zero-order valence-corrected chi connectivity index (χ0v) is 13.2. The molecule has 0 fully saturated rings. The van der Waals surface area contributed by atoms with E-state index in [0.717, 1.165) is 28.9 Å². The maximum absolute atomic E-state index is 12.8. The molecule has 1 heterocycles. The molecular weight excluding hydrogens is 312 g/mol. The van der Waals surface area contributed by atoms with E-state index < -0.39 is 0 Å². The average molecular weight is 327 g/mol. The van der Waals surface area contributed by atoms with Crippen molar-refractivity contribution >= 4 is 23.2 Å². The number of hydrogen-bond donors (Lipinski definition) is 0. The summed E-state index contributed by atoms with van der Waals surface area (Å²) in [4.78, 5) is 17.2. The second kappa shape index (κ2) is 6.73. The molecule has 1 aromatic carbocycles. The van der Waals surface area contributed by atoms with Crippen LogP contribution in [0.2, 0.25) is 0 Å². The fraction of sp³-hybridized carbons (Fsp3) is 0.235. The minimum absolute atomic E-state index is 0.102. The Morgan fingerprint density at radius 3 is 2.96 bits per heavy atom. The van der Waals surface area contributed by atoms with E-state index in [9.17, 15) is 4.79 Å².